The highest BCUT2D eigenvalue weighted by molar-refractivity contribution is 5.65. The molecule has 2 heterocycles. The van der Waals surface area contributed by atoms with Crippen LogP contribution in [0, 0.1) is 0 Å². The van der Waals surface area contributed by atoms with Gasteiger partial charge in [-0.05, 0) is 18.6 Å². The van der Waals surface area contributed by atoms with Crippen molar-refractivity contribution in [2.75, 3.05) is 5.73 Å². The molecule has 4 heteroatoms. The average molecular weight is 189 g/mol. The van der Waals surface area contributed by atoms with Gasteiger partial charge in [0.05, 0.1) is 0 Å². The van der Waals surface area contributed by atoms with Crippen LogP contribution in [0.4, 0.5) is 5.82 Å². The van der Waals surface area contributed by atoms with Gasteiger partial charge in [-0.1, -0.05) is 12.1 Å². The van der Waals surface area contributed by atoms with Crippen LogP contribution in [0.2, 0.25) is 0 Å². The maximum absolute atomic E-state index is 5.67. The quantitative estimate of drug-likeness (QED) is 0.783. The van der Waals surface area contributed by atoms with Crippen molar-refractivity contribution in [3.63, 3.8) is 0 Å². The second kappa shape index (κ2) is 3.49. The third-order valence-corrected chi connectivity index (χ3v) is 2.11. The highest BCUT2D eigenvalue weighted by atomic mass is 16.5. The van der Waals surface area contributed by atoms with Crippen LogP contribution >= 0.6 is 0 Å². The minimum Gasteiger partial charge on any atom is -0.381 e. The van der Waals surface area contributed by atoms with Crippen LogP contribution in [0.5, 0.6) is 0 Å². The predicted octanol–water partition coefficient (Wildman–Crippen LogP) is 1.88. The zero-order valence-corrected chi connectivity index (χ0v) is 7.90. The summed E-state index contributed by atoms with van der Waals surface area (Å²) >= 11 is 0. The lowest BCUT2D eigenvalue weighted by molar-refractivity contribution is 0.435. The fraction of sp³-hybridized carbons (Fsp3) is 0.200. The van der Waals surface area contributed by atoms with Gasteiger partial charge in [-0.15, -0.1) is 0 Å². The zero-order chi connectivity index (χ0) is 9.97. The second-order valence-electron chi connectivity index (χ2n) is 2.96. The van der Waals surface area contributed by atoms with Gasteiger partial charge in [-0.25, -0.2) is 0 Å². The predicted molar refractivity (Wildman–Crippen MR) is 53.5 cm³/mol. The molecule has 0 radical (unpaired) electrons. The van der Waals surface area contributed by atoms with Crippen molar-refractivity contribution < 1.29 is 4.52 Å². The van der Waals surface area contributed by atoms with E-state index >= 15 is 0 Å². The van der Waals surface area contributed by atoms with Crippen molar-refractivity contribution in [1.82, 2.24) is 10.1 Å². The molecule has 2 aromatic rings. The Labute approximate surface area is 81.7 Å². The number of hydrogen-bond acceptors (Lipinski definition) is 4. The second-order valence-corrected chi connectivity index (χ2v) is 2.96. The van der Waals surface area contributed by atoms with Crippen LogP contribution in [0.15, 0.2) is 29.0 Å². The standard InChI is InChI=1S/C10H11N3O/c1-2-8-9(14-13-10(8)11)7-3-5-12-6-4-7/h3-6H,2H2,1H3,(H2,11,13). The molecule has 0 aliphatic heterocycles. The normalized spacial score (nSPS) is 10.4. The Bertz CT molecular complexity index is 422. The summed E-state index contributed by atoms with van der Waals surface area (Å²) in [6.07, 6.45) is 4.24. The molecule has 0 amide bonds. The van der Waals surface area contributed by atoms with Crippen LogP contribution in [-0.4, -0.2) is 10.1 Å². The summed E-state index contributed by atoms with van der Waals surface area (Å²) in [5.74, 6) is 1.21. The maximum Gasteiger partial charge on any atom is 0.172 e. The summed E-state index contributed by atoms with van der Waals surface area (Å²) in [4.78, 5) is 3.94. The number of aromatic nitrogens is 2. The van der Waals surface area contributed by atoms with Crippen LogP contribution in [0.3, 0.4) is 0 Å². The number of anilines is 1. The van der Waals surface area contributed by atoms with Gasteiger partial charge in [0.15, 0.2) is 11.6 Å². The molecule has 72 valence electrons. The number of hydrogen-bond donors (Lipinski definition) is 1. The molecule has 0 saturated carbocycles. The largest absolute Gasteiger partial charge is 0.381 e. The highest BCUT2D eigenvalue weighted by Crippen LogP contribution is 2.27. The van der Waals surface area contributed by atoms with Crippen molar-refractivity contribution in [1.29, 1.82) is 0 Å². The molecule has 0 fully saturated rings. The summed E-state index contributed by atoms with van der Waals surface area (Å²) in [5, 5.41) is 3.75. The number of nitrogen functional groups attached to an aromatic ring is 1. The van der Waals surface area contributed by atoms with Crippen molar-refractivity contribution in [2.24, 2.45) is 0 Å². The Balaban J connectivity index is 2.52. The van der Waals surface area contributed by atoms with Gasteiger partial charge in [0.1, 0.15) is 0 Å². The Hall–Kier alpha value is -1.84. The summed E-state index contributed by atoms with van der Waals surface area (Å²) in [7, 11) is 0. The Kier molecular flexibility index (Phi) is 2.18. The minimum atomic E-state index is 0.472. The summed E-state index contributed by atoms with van der Waals surface area (Å²) in [5.41, 5.74) is 7.58. The van der Waals surface area contributed by atoms with E-state index in [1.165, 1.54) is 0 Å². The lowest BCUT2D eigenvalue weighted by Crippen LogP contribution is -1.90. The van der Waals surface area contributed by atoms with Gasteiger partial charge < -0.3 is 10.3 Å². The van der Waals surface area contributed by atoms with E-state index in [1.807, 2.05) is 19.1 Å². The molecule has 0 spiro atoms. The van der Waals surface area contributed by atoms with E-state index < -0.39 is 0 Å². The molecule has 2 N–H and O–H groups in total. The molecule has 0 saturated heterocycles. The number of nitrogens with two attached hydrogens (primary N) is 1. The topological polar surface area (TPSA) is 64.9 Å². The molecule has 0 aromatic carbocycles. The van der Waals surface area contributed by atoms with Crippen molar-refractivity contribution in [3.8, 4) is 11.3 Å². The zero-order valence-electron chi connectivity index (χ0n) is 7.90. The highest BCUT2D eigenvalue weighted by Gasteiger charge is 2.13. The van der Waals surface area contributed by atoms with Gasteiger partial charge >= 0.3 is 0 Å². The molecule has 0 atom stereocenters. The van der Waals surface area contributed by atoms with Gasteiger partial charge in [-0.2, -0.15) is 0 Å². The fourth-order valence-electron chi connectivity index (χ4n) is 1.39. The molecule has 4 nitrogen and oxygen atoms in total. The number of pyridine rings is 1. The maximum atomic E-state index is 5.67. The van der Waals surface area contributed by atoms with Gasteiger partial charge in [-0.3, -0.25) is 4.98 Å². The molecule has 0 aliphatic rings. The smallest absolute Gasteiger partial charge is 0.172 e. The van der Waals surface area contributed by atoms with Crippen molar-refractivity contribution >= 4 is 5.82 Å². The van der Waals surface area contributed by atoms with E-state index in [0.717, 1.165) is 23.3 Å². The van der Waals surface area contributed by atoms with Crippen LogP contribution in [0.25, 0.3) is 11.3 Å². The third-order valence-electron chi connectivity index (χ3n) is 2.11. The minimum absolute atomic E-state index is 0.472. The van der Waals surface area contributed by atoms with E-state index in [4.69, 9.17) is 10.3 Å². The number of rotatable bonds is 2. The molecule has 2 rings (SSSR count). The van der Waals surface area contributed by atoms with E-state index in [-0.39, 0.29) is 0 Å². The van der Waals surface area contributed by atoms with E-state index in [9.17, 15) is 0 Å². The first-order valence-electron chi connectivity index (χ1n) is 4.47. The monoisotopic (exact) mass is 189 g/mol. The van der Waals surface area contributed by atoms with Crippen LogP contribution < -0.4 is 5.73 Å². The average Bonchev–Trinajstić information content (AvgIpc) is 2.61. The first-order chi connectivity index (χ1) is 6.83. The SMILES string of the molecule is CCc1c(N)noc1-c1ccncc1. The molecule has 2 aromatic heterocycles. The Morgan fingerprint density at radius 1 is 1.36 bits per heavy atom. The molecular formula is C10H11N3O. The first-order valence-corrected chi connectivity index (χ1v) is 4.47. The van der Waals surface area contributed by atoms with Gasteiger partial charge in [0.25, 0.3) is 0 Å². The molecule has 14 heavy (non-hydrogen) atoms. The lowest BCUT2D eigenvalue weighted by Gasteiger charge is -1.97. The summed E-state index contributed by atoms with van der Waals surface area (Å²) in [6, 6.07) is 3.75. The molecule has 0 unspecified atom stereocenters. The fourth-order valence-corrected chi connectivity index (χ4v) is 1.39. The van der Waals surface area contributed by atoms with Crippen LogP contribution in [-0.2, 0) is 6.42 Å². The Morgan fingerprint density at radius 2 is 2.07 bits per heavy atom. The van der Waals surface area contributed by atoms with Gasteiger partial charge in [0.2, 0.25) is 0 Å². The summed E-state index contributed by atoms with van der Waals surface area (Å²) in [6.45, 7) is 2.02. The number of nitrogens with zero attached hydrogens (tertiary/aromatic N) is 2. The Morgan fingerprint density at radius 3 is 2.71 bits per heavy atom. The van der Waals surface area contributed by atoms with E-state index in [1.54, 1.807) is 12.4 Å². The summed E-state index contributed by atoms with van der Waals surface area (Å²) < 4.78 is 5.17. The van der Waals surface area contributed by atoms with E-state index in [2.05, 4.69) is 10.1 Å². The first kappa shape index (κ1) is 8.74. The van der Waals surface area contributed by atoms with Crippen molar-refractivity contribution in [3.05, 3.63) is 30.1 Å². The van der Waals surface area contributed by atoms with Crippen molar-refractivity contribution in [2.45, 2.75) is 13.3 Å². The lowest BCUT2D eigenvalue weighted by atomic mass is 10.1. The van der Waals surface area contributed by atoms with Crippen LogP contribution in [0.1, 0.15) is 12.5 Å². The van der Waals surface area contributed by atoms with Gasteiger partial charge in [0, 0.05) is 23.5 Å². The molecular weight excluding hydrogens is 178 g/mol. The molecule has 0 aliphatic carbocycles. The third kappa shape index (κ3) is 1.35. The van der Waals surface area contributed by atoms with E-state index in [0.29, 0.717) is 5.82 Å². The molecule has 0 bridgehead atoms.